The van der Waals surface area contributed by atoms with Crippen LogP contribution in [-0.4, -0.2) is 24.5 Å². The van der Waals surface area contributed by atoms with Gasteiger partial charge in [-0.25, -0.2) is 0 Å². The number of benzene rings is 1. The van der Waals surface area contributed by atoms with E-state index in [1.54, 1.807) is 0 Å². The van der Waals surface area contributed by atoms with Crippen LogP contribution in [0, 0.1) is 20.8 Å². The van der Waals surface area contributed by atoms with Crippen LogP contribution in [-0.2, 0) is 0 Å². The number of aryl methyl sites for hydroxylation is 3. The van der Waals surface area contributed by atoms with Crippen molar-refractivity contribution in [2.75, 3.05) is 19.6 Å². The SMILES string of the molecule is CCN(CC)CC.Cc1cc(C)cc(C)c1. The first-order chi connectivity index (χ1) is 7.53. The first kappa shape index (κ1) is 15.2. The second-order valence-electron chi connectivity index (χ2n) is 4.28. The molecule has 0 aromatic heterocycles. The Hall–Kier alpha value is -0.820. The molecule has 0 aliphatic carbocycles. The summed E-state index contributed by atoms with van der Waals surface area (Å²) in [7, 11) is 0. The van der Waals surface area contributed by atoms with Crippen LogP contribution in [0.1, 0.15) is 37.5 Å². The van der Waals surface area contributed by atoms with Crippen LogP contribution in [0.3, 0.4) is 0 Å². The maximum Gasteiger partial charge on any atom is -0.00474 e. The molecule has 0 radical (unpaired) electrons. The van der Waals surface area contributed by atoms with Gasteiger partial charge in [0.1, 0.15) is 0 Å². The van der Waals surface area contributed by atoms with Gasteiger partial charge in [0.05, 0.1) is 0 Å². The molecule has 0 atom stereocenters. The number of nitrogens with zero attached hydrogens (tertiary/aromatic N) is 1. The van der Waals surface area contributed by atoms with Crippen LogP contribution < -0.4 is 0 Å². The molecule has 0 fully saturated rings. The Morgan fingerprint density at radius 3 is 1.06 bits per heavy atom. The fourth-order valence-corrected chi connectivity index (χ4v) is 1.87. The smallest absolute Gasteiger partial charge is 0.00474 e. The molecule has 0 saturated carbocycles. The summed E-state index contributed by atoms with van der Waals surface area (Å²) >= 11 is 0. The van der Waals surface area contributed by atoms with E-state index in [1.165, 1.54) is 36.3 Å². The van der Waals surface area contributed by atoms with Crippen molar-refractivity contribution < 1.29 is 0 Å². The van der Waals surface area contributed by atoms with E-state index in [9.17, 15) is 0 Å². The largest absolute Gasteiger partial charge is 0.304 e. The third-order valence-electron chi connectivity index (χ3n) is 2.71. The predicted molar refractivity (Wildman–Crippen MR) is 74.1 cm³/mol. The van der Waals surface area contributed by atoms with Crippen LogP contribution in [0.4, 0.5) is 0 Å². The fraction of sp³-hybridized carbons (Fsp3) is 0.600. The molecule has 0 heterocycles. The molecule has 0 unspecified atom stereocenters. The summed E-state index contributed by atoms with van der Waals surface area (Å²) in [4.78, 5) is 2.38. The van der Waals surface area contributed by atoms with Crippen molar-refractivity contribution in [1.82, 2.24) is 4.90 Å². The Morgan fingerprint density at radius 1 is 0.688 bits per heavy atom. The topological polar surface area (TPSA) is 3.24 Å². The lowest BCUT2D eigenvalue weighted by Crippen LogP contribution is -2.21. The summed E-state index contributed by atoms with van der Waals surface area (Å²) in [5.74, 6) is 0. The minimum atomic E-state index is 1.19. The predicted octanol–water partition coefficient (Wildman–Crippen LogP) is 3.96. The number of hydrogen-bond donors (Lipinski definition) is 0. The average Bonchev–Trinajstić information content (AvgIpc) is 2.19. The molecule has 1 nitrogen and oxygen atoms in total. The Balaban J connectivity index is 0.000000293. The van der Waals surface area contributed by atoms with Crippen molar-refractivity contribution in [2.45, 2.75) is 41.5 Å². The van der Waals surface area contributed by atoms with E-state index in [-0.39, 0.29) is 0 Å². The van der Waals surface area contributed by atoms with Gasteiger partial charge in [0.25, 0.3) is 0 Å². The van der Waals surface area contributed by atoms with Gasteiger partial charge in [0.2, 0.25) is 0 Å². The lowest BCUT2D eigenvalue weighted by Gasteiger charge is -2.13. The highest BCUT2D eigenvalue weighted by atomic mass is 15.1. The average molecular weight is 221 g/mol. The first-order valence-electron chi connectivity index (χ1n) is 6.30. The maximum atomic E-state index is 2.38. The molecule has 1 rings (SSSR count). The monoisotopic (exact) mass is 221 g/mol. The third-order valence-corrected chi connectivity index (χ3v) is 2.71. The standard InChI is InChI=1S/C9H12.C6H15N/c1-7-4-8(2)6-9(3)5-7;1-4-7(5-2)6-3/h4-6H,1-3H3;4-6H2,1-3H3. The Labute approximate surface area is 101 Å². The van der Waals surface area contributed by atoms with Crippen molar-refractivity contribution in [1.29, 1.82) is 0 Å². The molecule has 16 heavy (non-hydrogen) atoms. The zero-order valence-electron chi connectivity index (χ0n) is 11.8. The molecule has 1 aromatic rings. The van der Waals surface area contributed by atoms with Gasteiger partial charge in [-0.2, -0.15) is 0 Å². The Kier molecular flexibility index (Phi) is 7.92. The number of hydrogen-bond acceptors (Lipinski definition) is 1. The van der Waals surface area contributed by atoms with Crippen LogP contribution >= 0.6 is 0 Å². The van der Waals surface area contributed by atoms with Crippen molar-refractivity contribution in [3.8, 4) is 0 Å². The minimum absolute atomic E-state index is 1.19. The Bertz CT molecular complexity index is 231. The van der Waals surface area contributed by atoms with Crippen LogP contribution in [0.25, 0.3) is 0 Å². The van der Waals surface area contributed by atoms with E-state index < -0.39 is 0 Å². The van der Waals surface area contributed by atoms with Gasteiger partial charge in [-0.1, -0.05) is 55.7 Å². The fourth-order valence-electron chi connectivity index (χ4n) is 1.87. The van der Waals surface area contributed by atoms with Gasteiger partial charge in [0.15, 0.2) is 0 Å². The van der Waals surface area contributed by atoms with E-state index in [2.05, 4.69) is 64.6 Å². The third kappa shape index (κ3) is 6.62. The zero-order chi connectivity index (χ0) is 12.6. The quantitative estimate of drug-likeness (QED) is 0.747. The molecule has 0 saturated heterocycles. The second kappa shape index (κ2) is 8.35. The van der Waals surface area contributed by atoms with Gasteiger partial charge in [-0.15, -0.1) is 0 Å². The van der Waals surface area contributed by atoms with Crippen LogP contribution in [0.5, 0.6) is 0 Å². The second-order valence-corrected chi connectivity index (χ2v) is 4.28. The van der Waals surface area contributed by atoms with Gasteiger partial charge in [-0.3, -0.25) is 0 Å². The van der Waals surface area contributed by atoms with Crippen LogP contribution in [0.15, 0.2) is 18.2 Å². The molecule has 0 amide bonds. The minimum Gasteiger partial charge on any atom is -0.304 e. The molecule has 92 valence electrons. The number of rotatable bonds is 3. The molecule has 1 heteroatoms. The molecular weight excluding hydrogens is 194 g/mol. The lowest BCUT2D eigenvalue weighted by atomic mass is 10.1. The summed E-state index contributed by atoms with van der Waals surface area (Å²) < 4.78 is 0. The molecule has 0 bridgehead atoms. The van der Waals surface area contributed by atoms with Gasteiger partial charge >= 0.3 is 0 Å². The van der Waals surface area contributed by atoms with E-state index in [0.717, 1.165) is 0 Å². The van der Waals surface area contributed by atoms with E-state index >= 15 is 0 Å². The summed E-state index contributed by atoms with van der Waals surface area (Å²) in [6.45, 7) is 16.5. The summed E-state index contributed by atoms with van der Waals surface area (Å²) in [5.41, 5.74) is 4.06. The molecule has 0 spiro atoms. The van der Waals surface area contributed by atoms with Crippen molar-refractivity contribution in [2.24, 2.45) is 0 Å². The summed E-state index contributed by atoms with van der Waals surface area (Å²) in [6.07, 6.45) is 0. The Morgan fingerprint density at radius 2 is 0.938 bits per heavy atom. The van der Waals surface area contributed by atoms with E-state index in [4.69, 9.17) is 0 Å². The van der Waals surface area contributed by atoms with E-state index in [1.807, 2.05) is 0 Å². The lowest BCUT2D eigenvalue weighted by molar-refractivity contribution is 0.321. The van der Waals surface area contributed by atoms with Crippen LogP contribution in [0.2, 0.25) is 0 Å². The first-order valence-corrected chi connectivity index (χ1v) is 6.30. The van der Waals surface area contributed by atoms with Crippen molar-refractivity contribution >= 4 is 0 Å². The normalized spacial score (nSPS) is 9.94. The molecule has 1 aromatic carbocycles. The highest BCUT2D eigenvalue weighted by molar-refractivity contribution is 5.27. The molecule has 0 N–H and O–H groups in total. The summed E-state index contributed by atoms with van der Waals surface area (Å²) in [5, 5.41) is 0. The summed E-state index contributed by atoms with van der Waals surface area (Å²) in [6, 6.07) is 6.56. The maximum absolute atomic E-state index is 2.38. The zero-order valence-corrected chi connectivity index (χ0v) is 11.8. The highest BCUT2D eigenvalue weighted by Gasteiger charge is 1.89. The van der Waals surface area contributed by atoms with Gasteiger partial charge in [-0.05, 0) is 40.4 Å². The van der Waals surface area contributed by atoms with Crippen molar-refractivity contribution in [3.63, 3.8) is 0 Å². The molecule has 0 aliphatic heterocycles. The van der Waals surface area contributed by atoms with Gasteiger partial charge < -0.3 is 4.90 Å². The van der Waals surface area contributed by atoms with E-state index in [0.29, 0.717) is 0 Å². The van der Waals surface area contributed by atoms with Crippen molar-refractivity contribution in [3.05, 3.63) is 34.9 Å². The highest BCUT2D eigenvalue weighted by Crippen LogP contribution is 2.06. The van der Waals surface area contributed by atoms with Gasteiger partial charge in [0, 0.05) is 0 Å². The molecule has 0 aliphatic rings. The molecular formula is C15H27N.